The number of fused-ring (bicyclic) bond motifs is 38. The van der Waals surface area contributed by atoms with Crippen LogP contribution in [0.25, 0.3) is 283 Å². The number of hydrogen-bond acceptors (Lipinski definition) is 0. The van der Waals surface area contributed by atoms with Crippen molar-refractivity contribution in [1.29, 1.82) is 0 Å². The molecular formula is C128H76N4. The maximum Gasteiger partial charge on any atom is 0.0547 e. The van der Waals surface area contributed by atoms with Gasteiger partial charge in [0.2, 0.25) is 0 Å². The van der Waals surface area contributed by atoms with Crippen molar-refractivity contribution < 1.29 is 0 Å². The Bertz CT molecular complexity index is 10300. The Morgan fingerprint density at radius 1 is 0.0985 bits per heavy atom. The first-order chi connectivity index (χ1) is 65.5. The van der Waals surface area contributed by atoms with E-state index in [4.69, 9.17) is 0 Å². The number of hydrogen-bond donors (Lipinski definition) is 0. The third-order valence-corrected chi connectivity index (χ3v) is 29.3. The summed E-state index contributed by atoms with van der Waals surface area (Å²) < 4.78 is 10.0. The minimum atomic E-state index is 1.19. The molecule has 132 heavy (non-hydrogen) atoms. The molecule has 0 N–H and O–H groups in total. The third kappa shape index (κ3) is 10.4. The SMILES string of the molecule is c1ccc2c(c1)c(-n1c3ccccc3c3cc(-c4ccc5c6ccccc6n(-c6cc7c8ccccc8c8ccccc8c7c7ccccc67)c5c4)ccc31)cc1c3ccccc3c3ccccc3c21.c1ccc2c(c1)ccc1c3ccccc3c(-n3c4ccccc4c4cc(-c5ccc6c7ccccc7n(-c7cc8c9ccccc9ccc8c8ccccc78)c6c5)ccc43)cc21. The zero-order chi connectivity index (χ0) is 86.1. The summed E-state index contributed by atoms with van der Waals surface area (Å²) in [5.41, 5.74) is 19.1. The number of nitrogens with zero attached hydrogens (tertiary/aromatic N) is 4. The lowest BCUT2D eigenvalue weighted by molar-refractivity contribution is 1.20. The van der Waals surface area contributed by atoms with Gasteiger partial charge in [0.15, 0.2) is 0 Å². The van der Waals surface area contributed by atoms with Crippen LogP contribution in [0.1, 0.15) is 0 Å². The minimum absolute atomic E-state index is 1.19. The molecule has 0 saturated carbocycles. The molecule has 0 fully saturated rings. The van der Waals surface area contributed by atoms with Crippen LogP contribution in [-0.4, -0.2) is 18.3 Å². The molecule has 4 aromatic heterocycles. The van der Waals surface area contributed by atoms with E-state index >= 15 is 0 Å². The fourth-order valence-corrected chi connectivity index (χ4v) is 23.6. The van der Waals surface area contributed by atoms with Gasteiger partial charge in [0.05, 0.1) is 66.9 Å². The summed E-state index contributed by atoms with van der Waals surface area (Å²) in [5.74, 6) is 0. The van der Waals surface area contributed by atoms with E-state index in [1.807, 2.05) is 0 Å². The molecule has 0 saturated heterocycles. The molecule has 608 valence electrons. The largest absolute Gasteiger partial charge is 0.309 e. The highest BCUT2D eigenvalue weighted by Gasteiger charge is 2.26. The molecule has 0 amide bonds. The summed E-state index contributed by atoms with van der Waals surface area (Å²) >= 11 is 0. The smallest absolute Gasteiger partial charge is 0.0547 e. The summed E-state index contributed by atoms with van der Waals surface area (Å²) in [6, 6.07) is 172. The van der Waals surface area contributed by atoms with Crippen molar-refractivity contribution in [2.24, 2.45) is 0 Å². The first kappa shape index (κ1) is 72.7. The second-order valence-corrected chi connectivity index (χ2v) is 35.9. The zero-order valence-electron chi connectivity index (χ0n) is 71.7. The average molecular weight is 1670 g/mol. The number of aromatic nitrogens is 4. The van der Waals surface area contributed by atoms with Crippen LogP contribution in [0, 0.1) is 0 Å². The lowest BCUT2D eigenvalue weighted by Gasteiger charge is -2.18. The van der Waals surface area contributed by atoms with Gasteiger partial charge in [0.1, 0.15) is 0 Å². The molecule has 0 unspecified atom stereocenters. The molecule has 0 bridgehead atoms. The number of para-hydroxylation sites is 4. The Hall–Kier alpha value is -17.4. The van der Waals surface area contributed by atoms with Gasteiger partial charge >= 0.3 is 0 Å². The van der Waals surface area contributed by atoms with Gasteiger partial charge in [-0.05, 0) is 236 Å². The highest BCUT2D eigenvalue weighted by molar-refractivity contribution is 6.35. The average Bonchev–Trinajstić information content (AvgIpc) is 1.46. The molecule has 0 radical (unpaired) electrons. The van der Waals surface area contributed by atoms with E-state index in [9.17, 15) is 0 Å². The second-order valence-electron chi connectivity index (χ2n) is 35.9. The normalized spacial score (nSPS) is 12.2. The van der Waals surface area contributed by atoms with Gasteiger partial charge < -0.3 is 18.3 Å². The molecule has 4 nitrogen and oxygen atoms in total. The summed E-state index contributed by atoms with van der Waals surface area (Å²) in [6.45, 7) is 0. The predicted octanol–water partition coefficient (Wildman–Crippen LogP) is 35.2. The number of rotatable bonds is 6. The highest BCUT2D eigenvalue weighted by atomic mass is 15.0. The van der Waals surface area contributed by atoms with Gasteiger partial charge in [-0.1, -0.05) is 376 Å². The monoisotopic (exact) mass is 1670 g/mol. The Labute approximate surface area is 757 Å². The summed E-state index contributed by atoms with van der Waals surface area (Å²) in [6.07, 6.45) is 0. The van der Waals surface area contributed by atoms with Crippen LogP contribution in [0.15, 0.2) is 461 Å². The van der Waals surface area contributed by atoms with E-state index in [-0.39, 0.29) is 0 Å². The van der Waals surface area contributed by atoms with E-state index in [1.165, 1.54) is 283 Å². The Balaban J connectivity index is 0.000000130. The van der Waals surface area contributed by atoms with Crippen molar-refractivity contribution in [2.75, 3.05) is 0 Å². The van der Waals surface area contributed by atoms with Crippen LogP contribution in [0.4, 0.5) is 0 Å². The summed E-state index contributed by atoms with van der Waals surface area (Å²) in [5, 5.41) is 45.6. The van der Waals surface area contributed by atoms with Gasteiger partial charge in [-0.15, -0.1) is 0 Å². The molecule has 0 aliphatic heterocycles. The molecule has 30 rings (SSSR count). The van der Waals surface area contributed by atoms with Crippen molar-refractivity contribution in [1.82, 2.24) is 18.3 Å². The van der Waals surface area contributed by atoms with Gasteiger partial charge in [-0.2, -0.15) is 0 Å². The molecule has 4 heteroatoms. The quantitative estimate of drug-likeness (QED) is 0.148. The van der Waals surface area contributed by atoms with E-state index in [0.29, 0.717) is 0 Å². The van der Waals surface area contributed by atoms with Gasteiger partial charge in [0.25, 0.3) is 0 Å². The molecule has 26 aromatic carbocycles. The molecule has 0 atom stereocenters. The fraction of sp³-hybridized carbons (Fsp3) is 0. The van der Waals surface area contributed by atoms with E-state index in [0.717, 1.165) is 0 Å². The van der Waals surface area contributed by atoms with E-state index in [1.54, 1.807) is 0 Å². The molecule has 0 aliphatic carbocycles. The van der Waals surface area contributed by atoms with Crippen LogP contribution in [0.5, 0.6) is 0 Å². The Morgan fingerprint density at radius 2 is 0.295 bits per heavy atom. The van der Waals surface area contributed by atoms with Crippen LogP contribution in [0.2, 0.25) is 0 Å². The lowest BCUT2D eigenvalue weighted by Crippen LogP contribution is -1.97. The van der Waals surface area contributed by atoms with Crippen LogP contribution in [-0.2, 0) is 0 Å². The van der Waals surface area contributed by atoms with Gasteiger partial charge in [-0.25, -0.2) is 0 Å². The second kappa shape index (κ2) is 28.0. The zero-order valence-corrected chi connectivity index (χ0v) is 71.7. The summed E-state index contributed by atoms with van der Waals surface area (Å²) in [7, 11) is 0. The van der Waals surface area contributed by atoms with Gasteiger partial charge in [0, 0.05) is 64.6 Å². The van der Waals surface area contributed by atoms with Crippen LogP contribution < -0.4 is 0 Å². The fourth-order valence-electron chi connectivity index (χ4n) is 23.6. The standard InChI is InChI=1S/C68H40N2.C60H36N2/c1-3-21-47-43(17-1)45-19-5-9-27-54(45)67-56-29-11-7-24-50(56)65(39-59(47)67)69-62-32-16-14-26-52(62)58-37-41(34-36-63(58)69)42-33-35-53-49-23-13-15-31-61(49)70(64(53)38-42)66-40-60-48-22-4-2-18-44(48)46-20-6-10-28-55(46)68(60)57-30-12-8-25-51(57)66;1-3-15-41-37(13-1)25-29-45-43-17-5-7-19-47(43)59(35-52(41)45)61-56-24-12-10-22-50(56)54-33-39(28-32-57(54)61)40-27-31-51-49-21-9-11-23-55(49)62(58(51)34-40)60-36-53-42-16-4-2-14-38(42)26-30-46(53)44-18-6-8-20-48(44)60/h1-40H;1-36H. The summed E-state index contributed by atoms with van der Waals surface area (Å²) in [4.78, 5) is 0. The minimum Gasteiger partial charge on any atom is -0.309 e. The van der Waals surface area contributed by atoms with Crippen molar-refractivity contribution in [3.8, 4) is 45.0 Å². The molecule has 0 aliphatic rings. The van der Waals surface area contributed by atoms with Crippen LogP contribution in [0.3, 0.4) is 0 Å². The topological polar surface area (TPSA) is 19.7 Å². The molecule has 30 aromatic rings. The van der Waals surface area contributed by atoms with E-state index < -0.39 is 0 Å². The highest BCUT2D eigenvalue weighted by Crippen LogP contribution is 2.50. The van der Waals surface area contributed by atoms with Gasteiger partial charge in [-0.3, -0.25) is 0 Å². The lowest BCUT2D eigenvalue weighted by atomic mass is 9.90. The third-order valence-electron chi connectivity index (χ3n) is 29.3. The Kier molecular flexibility index (Phi) is 15.4. The molecule has 0 spiro atoms. The first-order valence-corrected chi connectivity index (χ1v) is 45.8. The van der Waals surface area contributed by atoms with Crippen molar-refractivity contribution in [3.05, 3.63) is 461 Å². The maximum absolute atomic E-state index is 2.53. The van der Waals surface area contributed by atoms with E-state index in [2.05, 4.69) is 479 Å². The van der Waals surface area contributed by atoms with Crippen LogP contribution >= 0.6 is 0 Å². The molecular weight excluding hydrogens is 1590 g/mol. The van der Waals surface area contributed by atoms with Crippen molar-refractivity contribution >= 4 is 238 Å². The molecule has 4 heterocycles. The van der Waals surface area contributed by atoms with Crippen molar-refractivity contribution in [2.45, 2.75) is 0 Å². The maximum atomic E-state index is 2.53. The number of benzene rings is 26. The Morgan fingerprint density at radius 3 is 0.644 bits per heavy atom. The predicted molar refractivity (Wildman–Crippen MR) is 566 cm³/mol. The first-order valence-electron chi connectivity index (χ1n) is 45.8. The van der Waals surface area contributed by atoms with Crippen molar-refractivity contribution in [3.63, 3.8) is 0 Å².